The van der Waals surface area contributed by atoms with Crippen molar-refractivity contribution in [2.75, 3.05) is 26.4 Å². The van der Waals surface area contributed by atoms with E-state index in [4.69, 9.17) is 19.1 Å². The van der Waals surface area contributed by atoms with Gasteiger partial charge in [-0.2, -0.15) is 0 Å². The molecule has 0 bridgehead atoms. The lowest BCUT2D eigenvalue weighted by Gasteiger charge is -2.20. The number of esters is 2. The summed E-state index contributed by atoms with van der Waals surface area (Å²) in [5, 5.41) is 48.8. The summed E-state index contributed by atoms with van der Waals surface area (Å²) in [6.07, 6.45) is 41.3. The number of hydrogen-bond donors (Lipinski definition) is 6. The molecule has 0 aromatic heterocycles. The first-order chi connectivity index (χ1) is 29.9. The summed E-state index contributed by atoms with van der Waals surface area (Å²) in [4.78, 5) is 35.1. The first kappa shape index (κ1) is 58.5. The van der Waals surface area contributed by atoms with Gasteiger partial charge in [0, 0.05) is 12.8 Å². The van der Waals surface area contributed by atoms with Crippen LogP contribution in [0.4, 0.5) is 0 Å². The summed E-state index contributed by atoms with van der Waals surface area (Å²) in [6.45, 7) is 1.70. The standard InChI is InChI=1S/C48H77O13P/c1-3-5-7-8-9-10-11-12-13-14-15-16-17-18-19-20-21-26-30-36-47(54)58-40-44(41-60-62(56,57)59-39-43(51)38-49)61-48(55)37-31-35-46(53)45(52)34-29-25-23-22-24-28-33-42(50)32-27-6-4-2/h6,9-10,12-13,15-16,18-19,22-25,27-29,33-34,42-46,49-53H,3-5,7-8,11,14,17,20-21,26,30-32,35-41H2,1-2H3,(H,56,57)/b10-9-,13-12-,16-15-,19-18-,24-22+,25-23-,27-6-,33-28+,34-29-/t42-,43-,44+,45+,46+/m0/s1. The fourth-order valence-corrected chi connectivity index (χ4v) is 5.99. The third kappa shape index (κ3) is 39.4. The third-order valence-electron chi connectivity index (χ3n) is 8.75. The zero-order valence-electron chi connectivity index (χ0n) is 37.1. The van der Waals surface area contributed by atoms with Gasteiger partial charge in [-0.3, -0.25) is 18.6 Å². The quantitative estimate of drug-likeness (QED) is 0.0112. The zero-order chi connectivity index (χ0) is 45.9. The van der Waals surface area contributed by atoms with Gasteiger partial charge in [0.25, 0.3) is 0 Å². The molecular weight excluding hydrogens is 815 g/mol. The molecule has 14 heteroatoms. The van der Waals surface area contributed by atoms with Crippen LogP contribution in [0, 0.1) is 0 Å². The van der Waals surface area contributed by atoms with E-state index in [-0.39, 0.29) is 25.7 Å². The molecule has 0 saturated carbocycles. The van der Waals surface area contributed by atoms with E-state index >= 15 is 0 Å². The molecule has 6 N–H and O–H groups in total. The van der Waals surface area contributed by atoms with Crippen LogP contribution in [0.2, 0.25) is 0 Å². The molecule has 0 saturated heterocycles. The number of unbranched alkanes of at least 4 members (excludes halogenated alkanes) is 6. The van der Waals surface area contributed by atoms with E-state index in [0.29, 0.717) is 12.8 Å². The molecule has 13 nitrogen and oxygen atoms in total. The average Bonchev–Trinajstić information content (AvgIpc) is 3.25. The number of allylic oxidation sites excluding steroid dienone is 15. The van der Waals surface area contributed by atoms with Crippen LogP contribution in [0.15, 0.2) is 109 Å². The van der Waals surface area contributed by atoms with Gasteiger partial charge < -0.3 is 39.9 Å². The molecule has 352 valence electrons. The molecule has 62 heavy (non-hydrogen) atoms. The predicted molar refractivity (Wildman–Crippen MR) is 246 cm³/mol. The van der Waals surface area contributed by atoms with Crippen molar-refractivity contribution in [1.29, 1.82) is 0 Å². The summed E-state index contributed by atoms with van der Waals surface area (Å²) in [6, 6.07) is 0. The van der Waals surface area contributed by atoms with Gasteiger partial charge in [-0.25, -0.2) is 4.57 Å². The molecule has 0 aliphatic rings. The number of aliphatic hydroxyl groups excluding tert-OH is 5. The van der Waals surface area contributed by atoms with Gasteiger partial charge in [0.15, 0.2) is 6.10 Å². The third-order valence-corrected chi connectivity index (χ3v) is 9.70. The Labute approximate surface area is 371 Å². The fraction of sp³-hybridized carbons (Fsp3) is 0.583. The molecule has 0 amide bonds. The maximum absolute atomic E-state index is 12.7. The number of ether oxygens (including phenoxy) is 2. The van der Waals surface area contributed by atoms with Crippen molar-refractivity contribution in [1.82, 2.24) is 0 Å². The highest BCUT2D eigenvalue weighted by atomic mass is 31.2. The Balaban J connectivity index is 4.69. The lowest BCUT2D eigenvalue weighted by atomic mass is 10.1. The van der Waals surface area contributed by atoms with Crippen molar-refractivity contribution >= 4 is 19.8 Å². The van der Waals surface area contributed by atoms with Crippen LogP contribution in [0.5, 0.6) is 0 Å². The van der Waals surface area contributed by atoms with E-state index in [2.05, 4.69) is 60.1 Å². The normalized spacial score (nSPS) is 16.3. The van der Waals surface area contributed by atoms with Crippen molar-refractivity contribution < 1.29 is 63.1 Å². The van der Waals surface area contributed by atoms with E-state index in [1.54, 1.807) is 42.5 Å². The number of aliphatic hydroxyl groups is 5. The number of phosphoric ester groups is 1. The summed E-state index contributed by atoms with van der Waals surface area (Å²) >= 11 is 0. The van der Waals surface area contributed by atoms with E-state index in [1.807, 2.05) is 19.1 Å². The second-order valence-electron chi connectivity index (χ2n) is 14.6. The van der Waals surface area contributed by atoms with Crippen molar-refractivity contribution in [2.45, 2.75) is 154 Å². The number of carbonyl (C=O) groups excluding carboxylic acids is 2. The summed E-state index contributed by atoms with van der Waals surface area (Å²) in [5.74, 6) is -1.31. The van der Waals surface area contributed by atoms with Crippen molar-refractivity contribution in [2.24, 2.45) is 0 Å². The monoisotopic (exact) mass is 893 g/mol. The van der Waals surface area contributed by atoms with Crippen LogP contribution in [0.3, 0.4) is 0 Å². The van der Waals surface area contributed by atoms with Crippen LogP contribution in [-0.4, -0.2) is 99.3 Å². The maximum Gasteiger partial charge on any atom is 0.472 e. The summed E-state index contributed by atoms with van der Waals surface area (Å²) in [7, 11) is -4.73. The minimum atomic E-state index is -4.73. The SMILES string of the molecule is CC/C=C\C[C@H](O)/C=C/C=C/C=C\C=C/[C@@H](O)[C@H](O)CCCC(=O)O[C@H](COC(=O)CCCCC/C=C\C/C=C\C/C=C\C/C=C\CCCCC)COP(=O)(O)OC[C@@H](O)CO. The number of hydrogen-bond acceptors (Lipinski definition) is 12. The van der Waals surface area contributed by atoms with E-state index in [9.17, 15) is 39.5 Å². The van der Waals surface area contributed by atoms with E-state index in [1.165, 1.54) is 25.3 Å². The van der Waals surface area contributed by atoms with Crippen molar-refractivity contribution in [3.05, 3.63) is 109 Å². The molecule has 0 aromatic carbocycles. The van der Waals surface area contributed by atoms with Crippen molar-refractivity contribution in [3.8, 4) is 0 Å². The van der Waals surface area contributed by atoms with Gasteiger partial charge >= 0.3 is 19.8 Å². The first-order valence-electron chi connectivity index (χ1n) is 22.2. The lowest BCUT2D eigenvalue weighted by molar-refractivity contribution is -0.161. The maximum atomic E-state index is 12.7. The molecule has 0 aliphatic heterocycles. The molecule has 0 aromatic rings. The van der Waals surface area contributed by atoms with E-state index < -0.39 is 76.7 Å². The molecule has 0 radical (unpaired) electrons. The Kier molecular flexibility index (Phi) is 39.2. The van der Waals surface area contributed by atoms with Crippen LogP contribution < -0.4 is 0 Å². The minimum Gasteiger partial charge on any atom is -0.462 e. The van der Waals surface area contributed by atoms with Gasteiger partial charge in [0.05, 0.1) is 38.1 Å². The molecule has 0 aliphatic carbocycles. The van der Waals surface area contributed by atoms with Crippen LogP contribution in [-0.2, 0) is 32.7 Å². The largest absolute Gasteiger partial charge is 0.472 e. The predicted octanol–water partition coefficient (Wildman–Crippen LogP) is 8.69. The first-order valence-corrected chi connectivity index (χ1v) is 23.7. The summed E-state index contributed by atoms with van der Waals surface area (Å²) in [5.41, 5.74) is 0. The smallest absolute Gasteiger partial charge is 0.462 e. The number of phosphoric acid groups is 1. The van der Waals surface area contributed by atoms with Gasteiger partial charge in [0.2, 0.25) is 0 Å². The molecule has 0 fully saturated rings. The fourth-order valence-electron chi connectivity index (χ4n) is 5.20. The molecule has 1 unspecified atom stereocenters. The lowest BCUT2D eigenvalue weighted by Crippen LogP contribution is -2.30. The van der Waals surface area contributed by atoms with Gasteiger partial charge in [-0.05, 0) is 77.0 Å². The van der Waals surface area contributed by atoms with Crippen LogP contribution in [0.25, 0.3) is 0 Å². The Bertz CT molecular complexity index is 1450. The zero-order valence-corrected chi connectivity index (χ0v) is 38.0. The second-order valence-corrected chi connectivity index (χ2v) is 16.0. The van der Waals surface area contributed by atoms with Gasteiger partial charge in [-0.1, -0.05) is 142 Å². The second kappa shape index (κ2) is 41.5. The molecule has 6 atom stereocenters. The Morgan fingerprint density at radius 2 is 1.18 bits per heavy atom. The molecule has 0 spiro atoms. The highest BCUT2D eigenvalue weighted by molar-refractivity contribution is 7.47. The Morgan fingerprint density at radius 3 is 1.79 bits per heavy atom. The highest BCUT2D eigenvalue weighted by Gasteiger charge is 2.27. The van der Waals surface area contributed by atoms with Gasteiger partial charge in [-0.15, -0.1) is 0 Å². The van der Waals surface area contributed by atoms with Crippen LogP contribution in [0.1, 0.15) is 123 Å². The minimum absolute atomic E-state index is 0.0518. The summed E-state index contributed by atoms with van der Waals surface area (Å²) < 4.78 is 32.4. The number of carbonyl (C=O) groups is 2. The molecular formula is C48H77O13P. The number of rotatable bonds is 39. The highest BCUT2D eigenvalue weighted by Crippen LogP contribution is 2.43. The molecule has 0 rings (SSSR count). The average molecular weight is 893 g/mol. The van der Waals surface area contributed by atoms with Crippen molar-refractivity contribution in [3.63, 3.8) is 0 Å². The Morgan fingerprint density at radius 1 is 0.613 bits per heavy atom. The Hall–Kier alpha value is -3.49. The molecule has 0 heterocycles. The topological polar surface area (TPSA) is 210 Å². The van der Waals surface area contributed by atoms with Gasteiger partial charge in [0.1, 0.15) is 12.7 Å². The van der Waals surface area contributed by atoms with Crippen LogP contribution >= 0.6 is 7.82 Å². The van der Waals surface area contributed by atoms with E-state index in [0.717, 1.165) is 51.4 Å².